The van der Waals surface area contributed by atoms with Gasteiger partial charge in [-0.15, -0.1) is 0 Å². The Hall–Kier alpha value is -1.05. The van der Waals surface area contributed by atoms with Crippen LogP contribution >= 0.6 is 0 Å². The van der Waals surface area contributed by atoms with E-state index in [1.165, 1.54) is 11.3 Å². The minimum atomic E-state index is 1.18. The summed E-state index contributed by atoms with van der Waals surface area (Å²) >= 11 is 0. The van der Waals surface area contributed by atoms with Crippen molar-refractivity contribution in [3.05, 3.63) is 23.4 Å². The van der Waals surface area contributed by atoms with E-state index in [-0.39, 0.29) is 0 Å². The maximum absolute atomic E-state index is 3.92. The normalized spacial score (nSPS) is 11.9. The Balaban J connectivity index is 4.27. The maximum Gasteiger partial charge on any atom is 0.0885 e. The van der Waals surface area contributed by atoms with Crippen molar-refractivity contribution in [1.82, 2.24) is 4.90 Å². The Morgan fingerprint density at radius 2 is 1.75 bits per heavy atom. The molecule has 68 valence electrons. The van der Waals surface area contributed by atoms with Gasteiger partial charge >= 0.3 is 0 Å². The molecule has 0 fully saturated rings. The van der Waals surface area contributed by atoms with Crippen molar-refractivity contribution < 1.29 is 0 Å². The van der Waals surface area contributed by atoms with Crippen LogP contribution in [0.1, 0.15) is 20.8 Å². The lowest BCUT2D eigenvalue weighted by Crippen LogP contribution is -2.12. The fourth-order valence-corrected chi connectivity index (χ4v) is 0.669. The van der Waals surface area contributed by atoms with E-state index in [0.717, 1.165) is 0 Å². The third-order valence-corrected chi connectivity index (χ3v) is 1.50. The number of allylic oxidation sites excluding steroid dienone is 4. The Morgan fingerprint density at radius 1 is 1.17 bits per heavy atom. The van der Waals surface area contributed by atoms with E-state index >= 15 is 0 Å². The van der Waals surface area contributed by atoms with E-state index in [2.05, 4.69) is 37.9 Å². The van der Waals surface area contributed by atoms with E-state index in [1.807, 2.05) is 11.9 Å². The highest BCUT2D eigenvalue weighted by Crippen LogP contribution is 1.99. The van der Waals surface area contributed by atoms with Gasteiger partial charge in [-0.2, -0.15) is 0 Å². The van der Waals surface area contributed by atoms with Gasteiger partial charge in [0.1, 0.15) is 0 Å². The number of nitrogens with zero attached hydrogens (tertiary/aromatic N) is 2. The van der Waals surface area contributed by atoms with Gasteiger partial charge in [0.05, 0.1) is 6.34 Å². The van der Waals surface area contributed by atoms with Crippen LogP contribution < -0.4 is 0 Å². The van der Waals surface area contributed by atoms with Gasteiger partial charge in [-0.25, -0.2) is 0 Å². The van der Waals surface area contributed by atoms with Crippen molar-refractivity contribution in [3.8, 4) is 0 Å². The first-order valence-electron chi connectivity index (χ1n) is 4.05. The molecule has 0 aromatic carbocycles. The first kappa shape index (κ1) is 11.0. The van der Waals surface area contributed by atoms with Crippen molar-refractivity contribution >= 4 is 6.34 Å². The van der Waals surface area contributed by atoms with Crippen LogP contribution in [0, 0.1) is 0 Å². The molecule has 0 unspecified atom stereocenters. The highest BCUT2D eigenvalue weighted by atomic mass is 15.1. The molecule has 0 rings (SSSR count). The third kappa shape index (κ3) is 4.72. The van der Waals surface area contributed by atoms with E-state index in [0.29, 0.717) is 0 Å². The van der Waals surface area contributed by atoms with Crippen LogP contribution in [0.4, 0.5) is 0 Å². The van der Waals surface area contributed by atoms with Gasteiger partial charge in [-0.3, -0.25) is 4.99 Å². The number of hydrogen-bond donors (Lipinski definition) is 0. The van der Waals surface area contributed by atoms with Crippen LogP contribution in [0.25, 0.3) is 0 Å². The topological polar surface area (TPSA) is 15.6 Å². The molecule has 0 bridgehead atoms. The zero-order valence-electron chi connectivity index (χ0n) is 8.63. The van der Waals surface area contributed by atoms with E-state index in [4.69, 9.17) is 0 Å². The largest absolute Gasteiger partial charge is 0.340 e. The Labute approximate surface area is 75.3 Å². The molecule has 2 nitrogen and oxygen atoms in total. The molecule has 0 saturated carbocycles. The van der Waals surface area contributed by atoms with Gasteiger partial charge in [0.2, 0.25) is 0 Å². The van der Waals surface area contributed by atoms with Gasteiger partial charge in [-0.1, -0.05) is 11.6 Å². The molecule has 0 radical (unpaired) electrons. The van der Waals surface area contributed by atoms with E-state index in [9.17, 15) is 0 Å². The zero-order chi connectivity index (χ0) is 9.56. The van der Waals surface area contributed by atoms with Crippen molar-refractivity contribution in [2.45, 2.75) is 20.8 Å². The number of aliphatic imine (C=N–C) groups is 1. The quantitative estimate of drug-likeness (QED) is 0.357. The predicted octanol–water partition coefficient (Wildman–Crippen LogP) is 2.45. The molecule has 0 spiro atoms. The molecular formula is C10H18N2. The van der Waals surface area contributed by atoms with Crippen LogP contribution in [0.2, 0.25) is 0 Å². The van der Waals surface area contributed by atoms with Crippen LogP contribution in [-0.2, 0) is 0 Å². The molecule has 0 aromatic heterocycles. The minimum Gasteiger partial charge on any atom is -0.340 e. The summed E-state index contributed by atoms with van der Waals surface area (Å²) in [5.74, 6) is 0. The Morgan fingerprint density at radius 3 is 2.17 bits per heavy atom. The monoisotopic (exact) mass is 166 g/mol. The average Bonchev–Trinajstić information content (AvgIpc) is 2.00. The second-order valence-corrected chi connectivity index (χ2v) is 3.04. The first-order chi connectivity index (χ1) is 5.57. The van der Waals surface area contributed by atoms with Gasteiger partial charge in [0.25, 0.3) is 0 Å². The Kier molecular flexibility index (Phi) is 5.09. The smallest absolute Gasteiger partial charge is 0.0885 e. The summed E-state index contributed by atoms with van der Waals surface area (Å²) in [5, 5.41) is 0. The highest BCUT2D eigenvalue weighted by Gasteiger charge is 1.90. The SMILES string of the molecule is CN=CN(C)/C(C)=C/C=C(C)C. The van der Waals surface area contributed by atoms with Crippen molar-refractivity contribution in [1.29, 1.82) is 0 Å². The molecule has 0 aromatic rings. The van der Waals surface area contributed by atoms with Crippen molar-refractivity contribution in [2.24, 2.45) is 4.99 Å². The molecule has 0 amide bonds. The van der Waals surface area contributed by atoms with Gasteiger partial charge in [0.15, 0.2) is 0 Å². The second-order valence-electron chi connectivity index (χ2n) is 3.04. The predicted molar refractivity (Wildman–Crippen MR) is 55.4 cm³/mol. The Bertz CT molecular complexity index is 208. The molecular weight excluding hydrogens is 148 g/mol. The number of rotatable bonds is 3. The van der Waals surface area contributed by atoms with Crippen LogP contribution in [-0.4, -0.2) is 25.3 Å². The van der Waals surface area contributed by atoms with Crippen LogP contribution in [0.15, 0.2) is 28.4 Å². The van der Waals surface area contributed by atoms with Gasteiger partial charge in [-0.05, 0) is 26.8 Å². The fourth-order valence-electron chi connectivity index (χ4n) is 0.669. The lowest BCUT2D eigenvalue weighted by atomic mass is 10.3. The molecule has 2 heteroatoms. The van der Waals surface area contributed by atoms with Crippen LogP contribution in [0.5, 0.6) is 0 Å². The van der Waals surface area contributed by atoms with E-state index in [1.54, 1.807) is 13.4 Å². The fraction of sp³-hybridized carbons (Fsp3) is 0.500. The van der Waals surface area contributed by atoms with E-state index < -0.39 is 0 Å². The van der Waals surface area contributed by atoms with Crippen molar-refractivity contribution in [3.63, 3.8) is 0 Å². The molecule has 0 heterocycles. The molecule has 0 saturated heterocycles. The third-order valence-electron chi connectivity index (χ3n) is 1.50. The molecule has 0 aliphatic rings. The molecule has 0 N–H and O–H groups in total. The number of hydrogen-bond acceptors (Lipinski definition) is 1. The summed E-state index contributed by atoms with van der Waals surface area (Å²) in [6, 6.07) is 0. The zero-order valence-corrected chi connectivity index (χ0v) is 8.63. The standard InChI is InChI=1S/C10H18N2/c1-9(2)6-7-10(3)12(5)8-11-4/h6-8H,1-5H3/b10-7+,11-8?. The summed E-state index contributed by atoms with van der Waals surface area (Å²) in [5.41, 5.74) is 2.48. The summed E-state index contributed by atoms with van der Waals surface area (Å²) in [7, 11) is 3.75. The summed E-state index contributed by atoms with van der Waals surface area (Å²) in [4.78, 5) is 5.91. The molecule has 0 aliphatic carbocycles. The average molecular weight is 166 g/mol. The van der Waals surface area contributed by atoms with Gasteiger partial charge in [0, 0.05) is 19.8 Å². The summed E-state index contributed by atoms with van der Waals surface area (Å²) in [6.45, 7) is 6.22. The summed E-state index contributed by atoms with van der Waals surface area (Å²) < 4.78 is 0. The highest BCUT2D eigenvalue weighted by molar-refractivity contribution is 5.57. The first-order valence-corrected chi connectivity index (χ1v) is 4.05. The van der Waals surface area contributed by atoms with Crippen LogP contribution in [0.3, 0.4) is 0 Å². The van der Waals surface area contributed by atoms with Gasteiger partial charge < -0.3 is 4.90 Å². The lowest BCUT2D eigenvalue weighted by Gasteiger charge is -2.12. The van der Waals surface area contributed by atoms with Crippen molar-refractivity contribution in [2.75, 3.05) is 14.1 Å². The molecule has 0 aliphatic heterocycles. The minimum absolute atomic E-state index is 1.18. The lowest BCUT2D eigenvalue weighted by molar-refractivity contribution is 0.645. The summed E-state index contributed by atoms with van der Waals surface area (Å²) in [6.07, 6.45) is 5.97. The molecule has 0 atom stereocenters. The maximum atomic E-state index is 3.92. The second kappa shape index (κ2) is 5.58. The molecule has 12 heavy (non-hydrogen) atoms.